The van der Waals surface area contributed by atoms with Gasteiger partial charge in [-0.2, -0.15) is 0 Å². The summed E-state index contributed by atoms with van der Waals surface area (Å²) in [6.07, 6.45) is 9.01. The minimum absolute atomic E-state index is 0.0591. The monoisotopic (exact) mass is 312 g/mol. The topological polar surface area (TPSA) is 75.0 Å². The first-order valence-corrected chi connectivity index (χ1v) is 8.70. The molecule has 2 aromatic heterocycles. The van der Waals surface area contributed by atoms with Gasteiger partial charge >= 0.3 is 0 Å². The maximum absolute atomic E-state index is 12.6. The predicted octanol–water partition coefficient (Wildman–Crippen LogP) is 2.40. The fourth-order valence-electron chi connectivity index (χ4n) is 4.26. The van der Waals surface area contributed by atoms with E-state index in [0.717, 1.165) is 50.8 Å². The van der Waals surface area contributed by atoms with Gasteiger partial charge in [0.2, 0.25) is 5.91 Å². The number of carbonyl (C=O) groups is 1. The number of piperidine rings is 1. The lowest BCUT2D eigenvalue weighted by molar-refractivity contribution is -0.136. The largest absolute Gasteiger partial charge is 0.346 e. The van der Waals surface area contributed by atoms with Crippen LogP contribution < -0.4 is 5.73 Å². The highest BCUT2D eigenvalue weighted by Gasteiger charge is 2.35. The van der Waals surface area contributed by atoms with Crippen LogP contribution in [0.3, 0.4) is 0 Å². The van der Waals surface area contributed by atoms with E-state index in [1.54, 1.807) is 0 Å². The Hall–Kier alpha value is -1.88. The summed E-state index contributed by atoms with van der Waals surface area (Å²) in [6, 6.07) is 4.18. The molecule has 0 spiro atoms. The Morgan fingerprint density at radius 1 is 1.26 bits per heavy atom. The summed E-state index contributed by atoms with van der Waals surface area (Å²) in [4.78, 5) is 22.3. The van der Waals surface area contributed by atoms with Gasteiger partial charge in [0, 0.05) is 36.9 Å². The highest BCUT2D eigenvalue weighted by Crippen LogP contribution is 2.34. The van der Waals surface area contributed by atoms with E-state index in [1.807, 2.05) is 17.2 Å². The van der Waals surface area contributed by atoms with Crippen molar-refractivity contribution in [2.75, 3.05) is 13.1 Å². The highest BCUT2D eigenvalue weighted by atomic mass is 16.2. The van der Waals surface area contributed by atoms with Crippen LogP contribution in [0.4, 0.5) is 0 Å². The van der Waals surface area contributed by atoms with Crippen LogP contribution in [-0.2, 0) is 4.79 Å². The second-order valence-electron chi connectivity index (χ2n) is 6.94. The molecule has 1 saturated heterocycles. The van der Waals surface area contributed by atoms with Crippen molar-refractivity contribution in [3.63, 3.8) is 0 Å². The van der Waals surface area contributed by atoms with Crippen LogP contribution in [0.1, 0.15) is 43.6 Å². The maximum Gasteiger partial charge on any atom is 0.227 e. The minimum atomic E-state index is 0.0591. The molecule has 0 bridgehead atoms. The highest BCUT2D eigenvalue weighted by molar-refractivity contribution is 5.81. The summed E-state index contributed by atoms with van der Waals surface area (Å²) in [5.41, 5.74) is 8.40. The van der Waals surface area contributed by atoms with E-state index in [0.29, 0.717) is 5.92 Å². The second-order valence-corrected chi connectivity index (χ2v) is 6.94. The van der Waals surface area contributed by atoms with Crippen LogP contribution in [-0.4, -0.2) is 39.9 Å². The number of hydrogen-bond donors (Lipinski definition) is 2. The zero-order valence-corrected chi connectivity index (χ0v) is 13.4. The molecule has 2 aliphatic rings. The Morgan fingerprint density at radius 2 is 2.09 bits per heavy atom. The molecule has 1 amide bonds. The number of rotatable bonds is 2. The summed E-state index contributed by atoms with van der Waals surface area (Å²) in [6.45, 7) is 1.69. The number of nitrogens with two attached hydrogens (primary N) is 1. The van der Waals surface area contributed by atoms with Crippen LogP contribution in [0.15, 0.2) is 24.5 Å². The van der Waals surface area contributed by atoms with Crippen molar-refractivity contribution in [3.05, 3.63) is 30.1 Å². The van der Waals surface area contributed by atoms with E-state index < -0.39 is 0 Å². The van der Waals surface area contributed by atoms with Crippen LogP contribution in [0.5, 0.6) is 0 Å². The van der Waals surface area contributed by atoms with Crippen molar-refractivity contribution >= 4 is 16.9 Å². The standard InChI is InChI=1S/C18H24N4O/c19-16-5-1-3-14(16)18(23)22-9-6-12(7-10-22)15-11-21-17-13(15)4-2-8-20-17/h2,4,8,11-12,14,16H,1,3,5-7,9-10,19H2,(H,20,21)/t14-,16-/m1/s1. The van der Waals surface area contributed by atoms with Gasteiger partial charge in [0.05, 0.1) is 5.92 Å². The molecule has 5 nitrogen and oxygen atoms in total. The van der Waals surface area contributed by atoms with Gasteiger partial charge in [-0.15, -0.1) is 0 Å². The van der Waals surface area contributed by atoms with Gasteiger partial charge < -0.3 is 15.6 Å². The van der Waals surface area contributed by atoms with E-state index in [1.165, 1.54) is 10.9 Å². The van der Waals surface area contributed by atoms with Gasteiger partial charge in [-0.05, 0) is 49.3 Å². The van der Waals surface area contributed by atoms with Crippen LogP contribution in [0, 0.1) is 5.92 Å². The molecule has 1 aliphatic carbocycles. The molecule has 1 saturated carbocycles. The van der Waals surface area contributed by atoms with Crippen LogP contribution in [0.2, 0.25) is 0 Å². The molecule has 1 aliphatic heterocycles. The van der Waals surface area contributed by atoms with Crippen LogP contribution >= 0.6 is 0 Å². The molecular formula is C18H24N4O. The van der Waals surface area contributed by atoms with Crippen molar-refractivity contribution in [1.82, 2.24) is 14.9 Å². The first kappa shape index (κ1) is 14.7. The number of pyridine rings is 1. The average Bonchev–Trinajstić information content (AvgIpc) is 3.20. The van der Waals surface area contributed by atoms with Gasteiger partial charge in [-0.1, -0.05) is 6.42 Å². The Bertz CT molecular complexity index is 702. The van der Waals surface area contributed by atoms with Gasteiger partial charge in [0.1, 0.15) is 5.65 Å². The smallest absolute Gasteiger partial charge is 0.227 e. The van der Waals surface area contributed by atoms with Crippen LogP contribution in [0.25, 0.3) is 11.0 Å². The SMILES string of the molecule is N[C@@H]1CCC[C@H]1C(=O)N1CCC(c2c[nH]c3ncccc23)CC1. The minimum Gasteiger partial charge on any atom is -0.346 e. The normalized spacial score (nSPS) is 26.0. The van der Waals surface area contributed by atoms with E-state index in [2.05, 4.69) is 22.2 Å². The van der Waals surface area contributed by atoms with Gasteiger partial charge in [-0.25, -0.2) is 4.98 Å². The molecule has 0 radical (unpaired) electrons. The first-order chi connectivity index (χ1) is 11.2. The molecular weight excluding hydrogens is 288 g/mol. The zero-order valence-electron chi connectivity index (χ0n) is 13.4. The number of likely N-dealkylation sites (tertiary alicyclic amines) is 1. The van der Waals surface area contributed by atoms with E-state index >= 15 is 0 Å². The third-order valence-corrected chi connectivity index (χ3v) is 5.62. The zero-order chi connectivity index (χ0) is 15.8. The lowest BCUT2D eigenvalue weighted by Gasteiger charge is -2.34. The number of amides is 1. The third-order valence-electron chi connectivity index (χ3n) is 5.62. The summed E-state index contributed by atoms with van der Waals surface area (Å²) in [5, 5.41) is 1.22. The fraction of sp³-hybridized carbons (Fsp3) is 0.556. The molecule has 0 unspecified atom stereocenters. The number of H-pyrrole nitrogens is 1. The molecule has 2 fully saturated rings. The number of nitrogens with one attached hydrogen (secondary N) is 1. The molecule has 3 N–H and O–H groups in total. The summed E-state index contributed by atoms with van der Waals surface area (Å²) in [7, 11) is 0. The molecule has 0 aromatic carbocycles. The van der Waals surface area contributed by atoms with Crippen molar-refractivity contribution in [3.8, 4) is 0 Å². The van der Waals surface area contributed by atoms with Crippen molar-refractivity contribution < 1.29 is 4.79 Å². The summed E-state index contributed by atoms with van der Waals surface area (Å²) in [5.74, 6) is 0.854. The van der Waals surface area contributed by atoms with E-state index in [9.17, 15) is 4.79 Å². The van der Waals surface area contributed by atoms with E-state index in [-0.39, 0.29) is 17.9 Å². The first-order valence-electron chi connectivity index (χ1n) is 8.70. The molecule has 23 heavy (non-hydrogen) atoms. The summed E-state index contributed by atoms with van der Waals surface area (Å²) < 4.78 is 0. The molecule has 3 heterocycles. The molecule has 5 heteroatoms. The predicted molar refractivity (Wildman–Crippen MR) is 90.0 cm³/mol. The molecule has 2 aromatic rings. The Kier molecular flexibility index (Phi) is 3.81. The molecule has 122 valence electrons. The fourth-order valence-corrected chi connectivity index (χ4v) is 4.26. The molecule has 4 rings (SSSR count). The van der Waals surface area contributed by atoms with Gasteiger partial charge in [0.25, 0.3) is 0 Å². The summed E-state index contributed by atoms with van der Waals surface area (Å²) >= 11 is 0. The average molecular weight is 312 g/mol. The van der Waals surface area contributed by atoms with Crippen molar-refractivity contribution in [1.29, 1.82) is 0 Å². The second kappa shape index (κ2) is 5.96. The Balaban J connectivity index is 1.44. The maximum atomic E-state index is 12.6. The lowest BCUT2D eigenvalue weighted by Crippen LogP contribution is -2.45. The lowest BCUT2D eigenvalue weighted by atomic mass is 9.88. The van der Waals surface area contributed by atoms with Gasteiger partial charge in [0.15, 0.2) is 0 Å². The third kappa shape index (κ3) is 2.63. The Labute approximate surface area is 136 Å². The number of aromatic amines is 1. The number of nitrogens with zero attached hydrogens (tertiary/aromatic N) is 2. The van der Waals surface area contributed by atoms with Gasteiger partial charge in [-0.3, -0.25) is 4.79 Å². The number of carbonyl (C=O) groups excluding carboxylic acids is 1. The van der Waals surface area contributed by atoms with Crippen molar-refractivity contribution in [2.45, 2.75) is 44.1 Å². The van der Waals surface area contributed by atoms with E-state index in [4.69, 9.17) is 5.73 Å². The molecule has 2 atom stereocenters. The Morgan fingerprint density at radius 3 is 2.83 bits per heavy atom. The van der Waals surface area contributed by atoms with Crippen molar-refractivity contribution in [2.24, 2.45) is 11.7 Å². The number of fused-ring (bicyclic) bond motifs is 1. The quantitative estimate of drug-likeness (QED) is 0.894. The number of hydrogen-bond acceptors (Lipinski definition) is 3. The number of aromatic nitrogens is 2.